The van der Waals surface area contributed by atoms with Crippen molar-refractivity contribution in [2.75, 3.05) is 18.0 Å². The second kappa shape index (κ2) is 5.53. The lowest BCUT2D eigenvalue weighted by atomic mass is 10.1. The maximum absolute atomic E-state index is 13.2. The minimum absolute atomic E-state index is 0.0977. The van der Waals surface area contributed by atoms with Gasteiger partial charge in [-0.2, -0.15) is 0 Å². The number of rotatable bonds is 1. The Morgan fingerprint density at radius 3 is 2.45 bits per heavy atom. The van der Waals surface area contributed by atoms with Crippen molar-refractivity contribution in [1.29, 1.82) is 0 Å². The fourth-order valence-electron chi connectivity index (χ4n) is 1.98. The molecule has 1 aliphatic rings. The molecule has 108 valence electrons. The van der Waals surface area contributed by atoms with Gasteiger partial charge < -0.3 is 4.90 Å². The smallest absolute Gasteiger partial charge is 0.251 e. The number of nitrogens with zero attached hydrogens (tertiary/aromatic N) is 2. The minimum atomic E-state index is -2.52. The molecule has 20 heavy (non-hydrogen) atoms. The molecular formula is C15H20F2N2Si. The summed E-state index contributed by atoms with van der Waals surface area (Å²) in [5, 5.41) is 0. The standard InChI is InChI=1S/C15H20F2N2Si/c1-20(2,3)12-7-13-5-4-6-14(18-13)19-10-8-15(16,17)9-11-19/h4-6H,8-11H2,1-3H3. The van der Waals surface area contributed by atoms with E-state index in [-0.39, 0.29) is 12.8 Å². The summed E-state index contributed by atoms with van der Waals surface area (Å²) in [6, 6.07) is 5.63. The Morgan fingerprint density at radius 1 is 1.20 bits per heavy atom. The molecule has 0 spiro atoms. The van der Waals surface area contributed by atoms with Crippen LogP contribution in [0.15, 0.2) is 18.2 Å². The maximum atomic E-state index is 13.2. The molecule has 1 fully saturated rings. The molecule has 5 heteroatoms. The summed E-state index contributed by atoms with van der Waals surface area (Å²) >= 11 is 0. The van der Waals surface area contributed by atoms with Crippen LogP contribution in [-0.4, -0.2) is 32.1 Å². The van der Waals surface area contributed by atoms with Crippen LogP contribution in [0, 0.1) is 11.5 Å². The third kappa shape index (κ3) is 4.31. The Labute approximate surface area is 120 Å². The maximum Gasteiger partial charge on any atom is 0.251 e. The summed E-state index contributed by atoms with van der Waals surface area (Å²) in [4.78, 5) is 6.39. The quantitative estimate of drug-likeness (QED) is 0.582. The normalized spacial score (nSPS) is 18.4. The van der Waals surface area contributed by atoms with Crippen molar-refractivity contribution in [3.8, 4) is 11.5 Å². The predicted octanol–water partition coefficient (Wildman–Crippen LogP) is 3.55. The Hall–Kier alpha value is -1.41. The van der Waals surface area contributed by atoms with Crippen LogP contribution in [0.4, 0.5) is 14.6 Å². The van der Waals surface area contributed by atoms with Crippen molar-refractivity contribution in [2.45, 2.75) is 38.4 Å². The minimum Gasteiger partial charge on any atom is -0.356 e. The fraction of sp³-hybridized carbons (Fsp3) is 0.533. The van der Waals surface area contributed by atoms with Crippen LogP contribution in [0.25, 0.3) is 0 Å². The van der Waals surface area contributed by atoms with Crippen LogP contribution >= 0.6 is 0 Å². The van der Waals surface area contributed by atoms with Gasteiger partial charge in [-0.1, -0.05) is 31.6 Å². The molecular weight excluding hydrogens is 274 g/mol. The van der Waals surface area contributed by atoms with Gasteiger partial charge >= 0.3 is 0 Å². The number of aromatic nitrogens is 1. The highest BCUT2D eigenvalue weighted by Gasteiger charge is 2.34. The van der Waals surface area contributed by atoms with E-state index in [9.17, 15) is 8.78 Å². The van der Waals surface area contributed by atoms with Crippen molar-refractivity contribution < 1.29 is 8.78 Å². The predicted molar refractivity (Wildman–Crippen MR) is 80.9 cm³/mol. The van der Waals surface area contributed by atoms with Crippen molar-refractivity contribution in [2.24, 2.45) is 0 Å². The molecule has 0 bridgehead atoms. The zero-order valence-corrected chi connectivity index (χ0v) is 13.2. The van der Waals surface area contributed by atoms with Gasteiger partial charge in [-0.3, -0.25) is 0 Å². The van der Waals surface area contributed by atoms with Crippen molar-refractivity contribution in [3.63, 3.8) is 0 Å². The number of anilines is 1. The van der Waals surface area contributed by atoms with Crippen molar-refractivity contribution in [3.05, 3.63) is 23.9 Å². The number of halogens is 2. The molecule has 1 aromatic rings. The Balaban J connectivity index is 2.12. The van der Waals surface area contributed by atoms with Gasteiger partial charge in [-0.05, 0) is 12.1 Å². The van der Waals surface area contributed by atoms with Gasteiger partial charge in [-0.15, -0.1) is 5.54 Å². The molecule has 0 radical (unpaired) electrons. The first-order chi connectivity index (χ1) is 9.25. The highest BCUT2D eigenvalue weighted by Crippen LogP contribution is 2.29. The monoisotopic (exact) mass is 294 g/mol. The van der Waals surface area contributed by atoms with Crippen molar-refractivity contribution >= 4 is 13.9 Å². The summed E-state index contributed by atoms with van der Waals surface area (Å²) in [6.45, 7) is 7.24. The SMILES string of the molecule is C[Si](C)(C)C#Cc1cccc(N2CCC(F)(F)CC2)n1. The molecule has 2 nitrogen and oxygen atoms in total. The molecule has 0 aliphatic carbocycles. The van der Waals surface area contributed by atoms with Gasteiger partial charge in [0.2, 0.25) is 0 Å². The summed E-state index contributed by atoms with van der Waals surface area (Å²) in [5.74, 6) is 1.34. The highest BCUT2D eigenvalue weighted by molar-refractivity contribution is 6.83. The largest absolute Gasteiger partial charge is 0.356 e. The second-order valence-corrected chi connectivity index (χ2v) is 11.0. The van der Waals surface area contributed by atoms with Crippen LogP contribution in [0.3, 0.4) is 0 Å². The molecule has 0 saturated carbocycles. The molecule has 0 atom stereocenters. The molecule has 1 aliphatic heterocycles. The third-order valence-electron chi connectivity index (χ3n) is 3.12. The number of alkyl halides is 2. The van der Waals surface area contributed by atoms with Crippen LogP contribution < -0.4 is 4.90 Å². The van der Waals surface area contributed by atoms with Crippen LogP contribution in [-0.2, 0) is 0 Å². The van der Waals surface area contributed by atoms with E-state index in [0.717, 1.165) is 11.5 Å². The first-order valence-corrected chi connectivity index (χ1v) is 10.4. The van der Waals surface area contributed by atoms with Gasteiger partial charge in [0.1, 0.15) is 19.6 Å². The average molecular weight is 294 g/mol. The molecule has 0 N–H and O–H groups in total. The van der Waals surface area contributed by atoms with E-state index in [2.05, 4.69) is 36.1 Å². The highest BCUT2D eigenvalue weighted by atomic mass is 28.3. The van der Waals surface area contributed by atoms with Crippen LogP contribution in [0.5, 0.6) is 0 Å². The molecule has 2 rings (SSSR count). The summed E-state index contributed by atoms with van der Waals surface area (Å²) in [6.07, 6.45) is -0.195. The average Bonchev–Trinajstić information content (AvgIpc) is 2.36. The second-order valence-electron chi connectivity index (χ2n) is 6.22. The Morgan fingerprint density at radius 2 is 1.85 bits per heavy atom. The lowest BCUT2D eigenvalue weighted by Gasteiger charge is -2.32. The number of hydrogen-bond acceptors (Lipinski definition) is 2. The van der Waals surface area contributed by atoms with E-state index < -0.39 is 14.0 Å². The summed E-state index contributed by atoms with van der Waals surface area (Å²) in [5.41, 5.74) is 3.99. The fourth-order valence-corrected chi connectivity index (χ4v) is 2.49. The molecule has 0 aromatic carbocycles. The van der Waals surface area contributed by atoms with E-state index in [1.54, 1.807) is 0 Å². The third-order valence-corrected chi connectivity index (χ3v) is 3.99. The lowest BCUT2D eigenvalue weighted by Crippen LogP contribution is -2.39. The van der Waals surface area contributed by atoms with Gasteiger partial charge in [-0.25, -0.2) is 13.8 Å². The summed E-state index contributed by atoms with van der Waals surface area (Å²) in [7, 11) is -1.43. The molecule has 0 unspecified atom stereocenters. The molecule has 1 saturated heterocycles. The van der Waals surface area contributed by atoms with Gasteiger partial charge in [0, 0.05) is 25.9 Å². The zero-order valence-electron chi connectivity index (χ0n) is 12.2. The van der Waals surface area contributed by atoms with E-state index in [1.807, 2.05) is 23.1 Å². The number of pyridine rings is 1. The molecule has 0 amide bonds. The first-order valence-electron chi connectivity index (χ1n) is 6.88. The van der Waals surface area contributed by atoms with Crippen LogP contribution in [0.1, 0.15) is 18.5 Å². The lowest BCUT2D eigenvalue weighted by molar-refractivity contribution is -0.0221. The summed E-state index contributed by atoms with van der Waals surface area (Å²) < 4.78 is 26.3. The van der Waals surface area contributed by atoms with Gasteiger partial charge in [0.25, 0.3) is 5.92 Å². The topological polar surface area (TPSA) is 16.1 Å². The molecule has 1 aromatic heterocycles. The first kappa shape index (κ1) is 15.0. The van der Waals surface area contributed by atoms with E-state index in [4.69, 9.17) is 0 Å². The number of piperidine rings is 1. The van der Waals surface area contributed by atoms with Crippen LogP contribution in [0.2, 0.25) is 19.6 Å². The van der Waals surface area contributed by atoms with Gasteiger partial charge in [0.05, 0.1) is 0 Å². The molecule has 2 heterocycles. The van der Waals surface area contributed by atoms with E-state index in [0.29, 0.717) is 13.1 Å². The Bertz CT molecular complexity index is 531. The van der Waals surface area contributed by atoms with Crippen molar-refractivity contribution in [1.82, 2.24) is 4.98 Å². The number of hydrogen-bond donors (Lipinski definition) is 0. The van der Waals surface area contributed by atoms with E-state index >= 15 is 0 Å². The van der Waals surface area contributed by atoms with E-state index in [1.165, 1.54) is 0 Å². The zero-order chi connectivity index (χ0) is 14.8. The van der Waals surface area contributed by atoms with Gasteiger partial charge in [0.15, 0.2) is 0 Å². The Kier molecular flexibility index (Phi) is 4.14.